The quantitative estimate of drug-likeness (QED) is 0.711. The van der Waals surface area contributed by atoms with Gasteiger partial charge in [-0.05, 0) is 31.1 Å². The molecule has 0 saturated heterocycles. The minimum absolute atomic E-state index is 0.269. The maximum Gasteiger partial charge on any atom is 0.0587 e. The van der Waals surface area contributed by atoms with Crippen LogP contribution >= 0.6 is 0 Å². The molecule has 0 radical (unpaired) electrons. The number of aliphatic hydroxyl groups is 1. The molecule has 0 aromatic rings. The van der Waals surface area contributed by atoms with E-state index in [1.165, 1.54) is 25.7 Å². The molecule has 0 bridgehead atoms. The topological polar surface area (TPSA) is 32.3 Å². The van der Waals surface area contributed by atoms with E-state index in [9.17, 15) is 5.11 Å². The fourth-order valence-electron chi connectivity index (χ4n) is 2.36. The molecule has 0 aromatic heterocycles. The molecule has 1 aliphatic carbocycles. The van der Waals surface area contributed by atoms with E-state index in [0.717, 1.165) is 5.92 Å². The molecule has 2 heteroatoms. The summed E-state index contributed by atoms with van der Waals surface area (Å²) in [6.45, 7) is 6.88. The van der Waals surface area contributed by atoms with Crippen molar-refractivity contribution in [2.45, 2.75) is 58.5 Å². The van der Waals surface area contributed by atoms with Crippen LogP contribution in [-0.4, -0.2) is 23.8 Å². The summed E-state index contributed by atoms with van der Waals surface area (Å²) in [5, 5.41) is 12.8. The zero-order valence-electron chi connectivity index (χ0n) is 9.79. The fraction of sp³-hybridized carbons (Fsp3) is 1.00. The van der Waals surface area contributed by atoms with E-state index in [1.807, 2.05) is 0 Å². The Kier molecular flexibility index (Phi) is 4.90. The Morgan fingerprint density at radius 2 is 2.07 bits per heavy atom. The zero-order valence-corrected chi connectivity index (χ0v) is 9.79. The summed E-state index contributed by atoms with van der Waals surface area (Å²) in [6.07, 6.45) is 5.27. The van der Waals surface area contributed by atoms with E-state index in [2.05, 4.69) is 26.1 Å². The fourth-order valence-corrected chi connectivity index (χ4v) is 2.36. The average Bonchev–Trinajstić information content (AvgIpc) is 2.61. The third-order valence-corrected chi connectivity index (χ3v) is 3.57. The molecule has 0 amide bonds. The minimum atomic E-state index is 0.269. The summed E-state index contributed by atoms with van der Waals surface area (Å²) in [5.41, 5.74) is 0. The van der Waals surface area contributed by atoms with Gasteiger partial charge in [0.1, 0.15) is 0 Å². The lowest BCUT2D eigenvalue weighted by atomic mass is 10.0. The van der Waals surface area contributed by atoms with Crippen LogP contribution in [0.1, 0.15) is 46.5 Å². The van der Waals surface area contributed by atoms with Crippen molar-refractivity contribution < 1.29 is 5.11 Å². The van der Waals surface area contributed by atoms with Crippen LogP contribution in [0.2, 0.25) is 0 Å². The number of nitrogens with one attached hydrogen (secondary N) is 1. The van der Waals surface area contributed by atoms with Gasteiger partial charge in [0.2, 0.25) is 0 Å². The van der Waals surface area contributed by atoms with Gasteiger partial charge < -0.3 is 10.4 Å². The predicted molar refractivity (Wildman–Crippen MR) is 60.3 cm³/mol. The molecule has 0 spiro atoms. The van der Waals surface area contributed by atoms with Crippen molar-refractivity contribution in [2.24, 2.45) is 11.8 Å². The van der Waals surface area contributed by atoms with Gasteiger partial charge in [-0.2, -0.15) is 0 Å². The number of aliphatic hydroxyl groups excluding tert-OH is 1. The molecule has 1 aliphatic rings. The summed E-state index contributed by atoms with van der Waals surface area (Å²) >= 11 is 0. The summed E-state index contributed by atoms with van der Waals surface area (Å²) in [4.78, 5) is 0. The monoisotopic (exact) mass is 199 g/mol. The first-order valence-electron chi connectivity index (χ1n) is 6.04. The molecule has 2 nitrogen and oxygen atoms in total. The Morgan fingerprint density at radius 3 is 2.50 bits per heavy atom. The van der Waals surface area contributed by atoms with Gasteiger partial charge in [-0.25, -0.2) is 0 Å². The van der Waals surface area contributed by atoms with Gasteiger partial charge in [-0.3, -0.25) is 0 Å². The van der Waals surface area contributed by atoms with Gasteiger partial charge in [0.05, 0.1) is 6.61 Å². The molecular weight excluding hydrogens is 174 g/mol. The first kappa shape index (κ1) is 12.0. The molecule has 0 aromatic carbocycles. The third kappa shape index (κ3) is 3.25. The predicted octanol–water partition coefficient (Wildman–Crippen LogP) is 2.17. The lowest BCUT2D eigenvalue weighted by Gasteiger charge is -2.24. The highest BCUT2D eigenvalue weighted by Crippen LogP contribution is 2.28. The Hall–Kier alpha value is -0.0800. The zero-order chi connectivity index (χ0) is 10.6. The molecular formula is C12H25NO. The van der Waals surface area contributed by atoms with E-state index >= 15 is 0 Å². The largest absolute Gasteiger partial charge is 0.395 e. The van der Waals surface area contributed by atoms with Crippen LogP contribution in [0.25, 0.3) is 0 Å². The molecule has 1 fully saturated rings. The first-order valence-corrected chi connectivity index (χ1v) is 6.04. The molecule has 0 heterocycles. The summed E-state index contributed by atoms with van der Waals surface area (Å²) in [6, 6.07) is 0.940. The van der Waals surface area contributed by atoms with E-state index in [1.54, 1.807) is 0 Å². The Morgan fingerprint density at radius 1 is 1.36 bits per heavy atom. The van der Waals surface area contributed by atoms with Gasteiger partial charge in [0.25, 0.3) is 0 Å². The van der Waals surface area contributed by atoms with Gasteiger partial charge in [-0.1, -0.05) is 27.2 Å². The van der Waals surface area contributed by atoms with Crippen LogP contribution in [0.15, 0.2) is 0 Å². The van der Waals surface area contributed by atoms with Crippen LogP contribution in [0.5, 0.6) is 0 Å². The molecule has 1 saturated carbocycles. The van der Waals surface area contributed by atoms with Crippen LogP contribution in [0.3, 0.4) is 0 Å². The number of hydrogen-bond donors (Lipinski definition) is 2. The summed E-state index contributed by atoms with van der Waals surface area (Å²) < 4.78 is 0. The van der Waals surface area contributed by atoms with E-state index in [0.29, 0.717) is 12.0 Å². The molecule has 0 aliphatic heterocycles. The molecule has 14 heavy (non-hydrogen) atoms. The molecule has 3 unspecified atom stereocenters. The summed E-state index contributed by atoms with van der Waals surface area (Å²) in [7, 11) is 0. The second-order valence-corrected chi connectivity index (χ2v) is 4.98. The molecule has 2 N–H and O–H groups in total. The van der Waals surface area contributed by atoms with E-state index in [-0.39, 0.29) is 12.6 Å². The van der Waals surface area contributed by atoms with Crippen LogP contribution in [0.4, 0.5) is 0 Å². The van der Waals surface area contributed by atoms with Crippen molar-refractivity contribution in [3.63, 3.8) is 0 Å². The van der Waals surface area contributed by atoms with Crippen molar-refractivity contribution in [2.75, 3.05) is 6.61 Å². The summed E-state index contributed by atoms with van der Waals surface area (Å²) in [5.74, 6) is 1.44. The number of hydrogen-bond acceptors (Lipinski definition) is 2. The van der Waals surface area contributed by atoms with E-state index in [4.69, 9.17) is 0 Å². The highest BCUT2D eigenvalue weighted by Gasteiger charge is 2.25. The highest BCUT2D eigenvalue weighted by atomic mass is 16.3. The van der Waals surface area contributed by atoms with Crippen molar-refractivity contribution >= 4 is 0 Å². The minimum Gasteiger partial charge on any atom is -0.395 e. The van der Waals surface area contributed by atoms with Crippen LogP contribution in [0, 0.1) is 11.8 Å². The van der Waals surface area contributed by atoms with Crippen LogP contribution < -0.4 is 5.32 Å². The van der Waals surface area contributed by atoms with Gasteiger partial charge in [-0.15, -0.1) is 0 Å². The second kappa shape index (κ2) is 5.72. The lowest BCUT2D eigenvalue weighted by Crippen LogP contribution is -2.42. The van der Waals surface area contributed by atoms with Crippen molar-refractivity contribution in [3.05, 3.63) is 0 Å². The van der Waals surface area contributed by atoms with Crippen molar-refractivity contribution in [1.29, 1.82) is 0 Å². The average molecular weight is 199 g/mol. The van der Waals surface area contributed by atoms with E-state index < -0.39 is 0 Å². The number of rotatable bonds is 5. The maximum absolute atomic E-state index is 9.22. The highest BCUT2D eigenvalue weighted by molar-refractivity contribution is 4.83. The first-order chi connectivity index (χ1) is 6.67. The normalized spacial score (nSPS) is 29.8. The van der Waals surface area contributed by atoms with Crippen LogP contribution in [-0.2, 0) is 0 Å². The Labute approximate surface area is 88.1 Å². The third-order valence-electron chi connectivity index (χ3n) is 3.57. The lowest BCUT2D eigenvalue weighted by molar-refractivity contribution is 0.198. The van der Waals surface area contributed by atoms with Crippen molar-refractivity contribution in [3.8, 4) is 0 Å². The molecule has 3 atom stereocenters. The second-order valence-electron chi connectivity index (χ2n) is 4.98. The van der Waals surface area contributed by atoms with Gasteiger partial charge >= 0.3 is 0 Å². The maximum atomic E-state index is 9.22. The molecule has 1 rings (SSSR count). The molecule has 84 valence electrons. The smallest absolute Gasteiger partial charge is 0.0587 e. The van der Waals surface area contributed by atoms with Gasteiger partial charge in [0.15, 0.2) is 0 Å². The van der Waals surface area contributed by atoms with Crippen molar-refractivity contribution in [1.82, 2.24) is 5.32 Å². The standard InChI is InChI=1S/C12H25NO/c1-4-10-5-6-11(7-10)13-12(8-14)9(2)3/h9-14H,4-8H2,1-3H3. The Bertz CT molecular complexity index is 158. The Balaban J connectivity index is 2.30. The van der Waals surface area contributed by atoms with Gasteiger partial charge in [0, 0.05) is 12.1 Å². The SMILES string of the molecule is CCC1CCC(NC(CO)C(C)C)C1.